The van der Waals surface area contributed by atoms with Crippen molar-refractivity contribution in [2.75, 3.05) is 5.32 Å². The van der Waals surface area contributed by atoms with Crippen molar-refractivity contribution in [3.8, 4) is 0 Å². The molecule has 1 aromatic rings. The molecule has 0 unspecified atom stereocenters. The number of hydrogen-bond acceptors (Lipinski definition) is 3. The fourth-order valence-corrected chi connectivity index (χ4v) is 1.24. The normalized spacial score (nSPS) is 9.80. The molecule has 1 aromatic heterocycles. The van der Waals surface area contributed by atoms with Gasteiger partial charge in [-0.15, -0.1) is 0 Å². The summed E-state index contributed by atoms with van der Waals surface area (Å²) in [5.74, 6) is -0.443. The Morgan fingerprint density at radius 2 is 2.00 bits per heavy atom. The second-order valence-electron chi connectivity index (χ2n) is 3.51. The van der Waals surface area contributed by atoms with Crippen molar-refractivity contribution in [2.24, 2.45) is 0 Å². The number of pyridine rings is 1. The van der Waals surface area contributed by atoms with Crippen molar-refractivity contribution < 1.29 is 9.59 Å². The minimum absolute atomic E-state index is 0.0900. The Bertz CT molecular complexity index is 400. The summed E-state index contributed by atoms with van der Waals surface area (Å²) in [5.41, 5.74) is 2.32. The number of amides is 1. The van der Waals surface area contributed by atoms with Gasteiger partial charge in [0.05, 0.1) is 17.8 Å². The molecule has 4 nitrogen and oxygen atoms in total. The van der Waals surface area contributed by atoms with Crippen molar-refractivity contribution in [3.63, 3.8) is 0 Å². The van der Waals surface area contributed by atoms with E-state index >= 15 is 0 Å². The van der Waals surface area contributed by atoms with E-state index in [-0.39, 0.29) is 18.1 Å². The van der Waals surface area contributed by atoms with Gasteiger partial charge in [0.15, 0.2) is 0 Å². The van der Waals surface area contributed by atoms with Crippen LogP contribution < -0.4 is 5.32 Å². The van der Waals surface area contributed by atoms with E-state index in [0.29, 0.717) is 5.69 Å². The Kier molecular flexibility index (Phi) is 3.55. The molecule has 1 amide bonds. The maximum atomic E-state index is 11.3. The minimum Gasteiger partial charge on any atom is -0.324 e. The van der Waals surface area contributed by atoms with Crippen LogP contribution in [-0.4, -0.2) is 16.7 Å². The lowest BCUT2D eigenvalue weighted by molar-refractivity contribution is -0.124. The van der Waals surface area contributed by atoms with Gasteiger partial charge in [-0.05, 0) is 32.9 Å². The van der Waals surface area contributed by atoms with Gasteiger partial charge < -0.3 is 5.32 Å². The third-order valence-corrected chi connectivity index (χ3v) is 1.91. The number of nitrogens with zero attached hydrogens (tertiary/aromatic N) is 1. The van der Waals surface area contributed by atoms with E-state index in [0.717, 1.165) is 11.4 Å². The third-order valence-electron chi connectivity index (χ3n) is 1.91. The maximum absolute atomic E-state index is 11.3. The maximum Gasteiger partial charge on any atom is 0.231 e. The Labute approximate surface area is 88.7 Å². The number of Topliss-reactive ketones (excluding diaryl/α,β-unsaturated/α-hetero) is 1. The lowest BCUT2D eigenvalue weighted by Gasteiger charge is -2.07. The molecular weight excluding hydrogens is 192 g/mol. The highest BCUT2D eigenvalue weighted by Crippen LogP contribution is 2.12. The van der Waals surface area contributed by atoms with Gasteiger partial charge in [0, 0.05) is 5.69 Å². The van der Waals surface area contributed by atoms with E-state index in [1.54, 1.807) is 6.07 Å². The molecule has 0 atom stereocenters. The minimum atomic E-state index is -0.295. The fourth-order valence-electron chi connectivity index (χ4n) is 1.24. The summed E-state index contributed by atoms with van der Waals surface area (Å²) in [6.07, 6.45) is -0.0900. The number of anilines is 1. The highest BCUT2D eigenvalue weighted by atomic mass is 16.2. The van der Waals surface area contributed by atoms with Crippen LogP contribution in [0.2, 0.25) is 0 Å². The molecule has 0 radical (unpaired) electrons. The summed E-state index contributed by atoms with van der Waals surface area (Å²) in [7, 11) is 0. The van der Waals surface area contributed by atoms with E-state index in [1.165, 1.54) is 6.92 Å². The number of rotatable bonds is 3. The first-order valence-corrected chi connectivity index (χ1v) is 4.72. The fraction of sp³-hybridized carbons (Fsp3) is 0.364. The number of aryl methyl sites for hydroxylation is 2. The molecule has 0 aliphatic heterocycles. The molecule has 0 spiro atoms. The number of ketones is 1. The van der Waals surface area contributed by atoms with Crippen LogP contribution in [0, 0.1) is 13.8 Å². The first kappa shape index (κ1) is 11.4. The molecule has 80 valence electrons. The molecule has 15 heavy (non-hydrogen) atoms. The zero-order valence-corrected chi connectivity index (χ0v) is 9.13. The lowest BCUT2D eigenvalue weighted by Crippen LogP contribution is -2.15. The Morgan fingerprint density at radius 3 is 2.53 bits per heavy atom. The predicted octanol–water partition coefficient (Wildman–Crippen LogP) is 1.62. The number of hydrogen-bond donors (Lipinski definition) is 1. The summed E-state index contributed by atoms with van der Waals surface area (Å²) in [5, 5.41) is 2.65. The molecule has 0 bridgehead atoms. The van der Waals surface area contributed by atoms with Gasteiger partial charge in [0.1, 0.15) is 5.78 Å². The van der Waals surface area contributed by atoms with Gasteiger partial charge in [-0.1, -0.05) is 0 Å². The highest BCUT2D eigenvalue weighted by Gasteiger charge is 2.07. The van der Waals surface area contributed by atoms with Gasteiger partial charge in [0.25, 0.3) is 0 Å². The van der Waals surface area contributed by atoms with E-state index in [4.69, 9.17) is 0 Å². The van der Waals surface area contributed by atoms with Crippen LogP contribution in [0.25, 0.3) is 0 Å². The SMILES string of the molecule is CC(=O)CC(=O)Nc1ccc(C)nc1C. The molecular formula is C11H14N2O2. The van der Waals surface area contributed by atoms with Gasteiger partial charge in [-0.3, -0.25) is 14.6 Å². The molecule has 0 saturated heterocycles. The Hall–Kier alpha value is -1.71. The molecule has 4 heteroatoms. The van der Waals surface area contributed by atoms with Crippen molar-refractivity contribution in [1.29, 1.82) is 0 Å². The van der Waals surface area contributed by atoms with E-state index in [2.05, 4.69) is 10.3 Å². The van der Waals surface area contributed by atoms with Crippen LogP contribution in [0.5, 0.6) is 0 Å². The Balaban J connectivity index is 2.72. The second-order valence-corrected chi connectivity index (χ2v) is 3.51. The largest absolute Gasteiger partial charge is 0.324 e. The van der Waals surface area contributed by atoms with Crippen LogP contribution >= 0.6 is 0 Å². The summed E-state index contributed by atoms with van der Waals surface area (Å²) in [6.45, 7) is 5.09. The summed E-state index contributed by atoms with van der Waals surface area (Å²) in [4.78, 5) is 26.2. The molecule has 0 aromatic carbocycles. The number of aromatic nitrogens is 1. The lowest BCUT2D eigenvalue weighted by atomic mass is 10.2. The molecule has 0 saturated carbocycles. The molecule has 1 heterocycles. The van der Waals surface area contributed by atoms with Gasteiger partial charge in [0.2, 0.25) is 5.91 Å². The first-order valence-electron chi connectivity index (χ1n) is 4.72. The molecule has 1 rings (SSSR count). The van der Waals surface area contributed by atoms with E-state index in [9.17, 15) is 9.59 Å². The highest BCUT2D eigenvalue weighted by molar-refractivity contribution is 6.03. The van der Waals surface area contributed by atoms with Crippen molar-refractivity contribution in [1.82, 2.24) is 4.98 Å². The molecule has 0 aliphatic rings. The Morgan fingerprint density at radius 1 is 1.33 bits per heavy atom. The monoisotopic (exact) mass is 206 g/mol. The second kappa shape index (κ2) is 4.68. The van der Waals surface area contributed by atoms with Crippen molar-refractivity contribution in [3.05, 3.63) is 23.5 Å². The number of nitrogens with one attached hydrogen (secondary N) is 1. The van der Waals surface area contributed by atoms with Crippen molar-refractivity contribution >= 4 is 17.4 Å². The molecule has 0 fully saturated rings. The van der Waals surface area contributed by atoms with E-state index < -0.39 is 0 Å². The quantitative estimate of drug-likeness (QED) is 0.764. The standard InChI is InChI=1S/C11H14N2O2/c1-7-4-5-10(9(3)12-7)13-11(15)6-8(2)14/h4-5H,6H2,1-3H3,(H,13,15). The number of carbonyl (C=O) groups is 2. The summed E-state index contributed by atoms with van der Waals surface area (Å²) >= 11 is 0. The van der Waals surface area contributed by atoms with Gasteiger partial charge in [-0.2, -0.15) is 0 Å². The van der Waals surface area contributed by atoms with Gasteiger partial charge in [-0.25, -0.2) is 0 Å². The van der Waals surface area contributed by atoms with Gasteiger partial charge >= 0.3 is 0 Å². The zero-order valence-electron chi connectivity index (χ0n) is 9.13. The average molecular weight is 206 g/mol. The van der Waals surface area contributed by atoms with Crippen LogP contribution in [0.15, 0.2) is 12.1 Å². The van der Waals surface area contributed by atoms with Crippen LogP contribution in [0.4, 0.5) is 5.69 Å². The third kappa shape index (κ3) is 3.50. The van der Waals surface area contributed by atoms with Crippen LogP contribution in [0.3, 0.4) is 0 Å². The van der Waals surface area contributed by atoms with Crippen LogP contribution in [-0.2, 0) is 9.59 Å². The summed E-state index contributed by atoms with van der Waals surface area (Å²) in [6, 6.07) is 3.60. The first-order chi connectivity index (χ1) is 6.99. The van der Waals surface area contributed by atoms with Crippen molar-refractivity contribution in [2.45, 2.75) is 27.2 Å². The predicted molar refractivity (Wildman–Crippen MR) is 57.6 cm³/mol. The van der Waals surface area contributed by atoms with E-state index in [1.807, 2.05) is 19.9 Å². The van der Waals surface area contributed by atoms with Crippen LogP contribution in [0.1, 0.15) is 24.7 Å². The topological polar surface area (TPSA) is 59.1 Å². The zero-order chi connectivity index (χ0) is 11.4. The molecule has 1 N–H and O–H groups in total. The smallest absolute Gasteiger partial charge is 0.231 e. The number of carbonyl (C=O) groups excluding carboxylic acids is 2. The molecule has 0 aliphatic carbocycles. The average Bonchev–Trinajstić information content (AvgIpc) is 2.08. The summed E-state index contributed by atoms with van der Waals surface area (Å²) < 4.78 is 0.